The Morgan fingerprint density at radius 1 is 1.19 bits per heavy atom. The van der Waals surface area contributed by atoms with Gasteiger partial charge in [-0.1, -0.05) is 29.8 Å². The molecule has 1 saturated heterocycles. The van der Waals surface area contributed by atoms with Crippen molar-refractivity contribution in [1.29, 1.82) is 0 Å². The van der Waals surface area contributed by atoms with Crippen LogP contribution in [0.15, 0.2) is 29.3 Å². The van der Waals surface area contributed by atoms with Crippen LogP contribution in [0.5, 0.6) is 0 Å². The van der Waals surface area contributed by atoms with Gasteiger partial charge in [0.15, 0.2) is 5.96 Å². The largest absolute Gasteiger partial charge is 0.382 e. The smallest absolute Gasteiger partial charge is 0.190 e. The summed E-state index contributed by atoms with van der Waals surface area (Å²) in [5.41, 5.74) is 2.54. The summed E-state index contributed by atoms with van der Waals surface area (Å²) in [5.74, 6) is 1.28. The fraction of sp³-hybridized carbons (Fsp3) is 0.667. The average Bonchev–Trinajstić information content (AvgIpc) is 2.70. The summed E-state index contributed by atoms with van der Waals surface area (Å²) in [6.07, 6.45) is 3.36. The molecule has 0 spiro atoms. The summed E-state index contributed by atoms with van der Waals surface area (Å²) < 4.78 is 16.5. The zero-order valence-electron chi connectivity index (χ0n) is 17.0. The molecule has 2 atom stereocenters. The van der Waals surface area contributed by atoms with Crippen LogP contribution in [-0.2, 0) is 14.2 Å². The van der Waals surface area contributed by atoms with Crippen molar-refractivity contribution in [3.8, 4) is 0 Å². The van der Waals surface area contributed by atoms with Gasteiger partial charge in [0.05, 0.1) is 19.3 Å². The van der Waals surface area contributed by atoms with Gasteiger partial charge in [0.2, 0.25) is 0 Å². The van der Waals surface area contributed by atoms with Crippen molar-refractivity contribution in [3.63, 3.8) is 0 Å². The van der Waals surface area contributed by atoms with Crippen LogP contribution in [0, 0.1) is 12.8 Å². The van der Waals surface area contributed by atoms with Crippen molar-refractivity contribution >= 4 is 5.96 Å². The van der Waals surface area contributed by atoms with Gasteiger partial charge in [-0.3, -0.25) is 4.99 Å². The minimum absolute atomic E-state index is 0.152. The Morgan fingerprint density at radius 2 is 2.00 bits per heavy atom. The first kappa shape index (κ1) is 21.7. The minimum atomic E-state index is 0.152. The number of aryl methyl sites for hydroxylation is 1. The van der Waals surface area contributed by atoms with Crippen LogP contribution in [0.3, 0.4) is 0 Å². The number of hydrogen-bond acceptors (Lipinski definition) is 4. The van der Waals surface area contributed by atoms with Crippen LogP contribution < -0.4 is 10.6 Å². The Labute approximate surface area is 163 Å². The summed E-state index contributed by atoms with van der Waals surface area (Å²) >= 11 is 0. The Kier molecular flexibility index (Phi) is 10.2. The van der Waals surface area contributed by atoms with E-state index in [-0.39, 0.29) is 6.10 Å². The Balaban J connectivity index is 1.74. The third kappa shape index (κ3) is 7.87. The van der Waals surface area contributed by atoms with Gasteiger partial charge in [0.1, 0.15) is 0 Å². The van der Waals surface area contributed by atoms with E-state index in [1.54, 1.807) is 14.2 Å². The van der Waals surface area contributed by atoms with E-state index in [2.05, 4.69) is 46.8 Å². The second-order valence-electron chi connectivity index (χ2n) is 6.94. The molecule has 152 valence electrons. The van der Waals surface area contributed by atoms with Gasteiger partial charge in [0, 0.05) is 46.4 Å². The lowest BCUT2D eigenvalue weighted by molar-refractivity contribution is -0.0265. The standard InChI is InChI=1S/C21H35N3O3/c1-17-7-9-18(10-8-17)20-19(6-4-13-27-20)16-24-21(22-2)23-11-5-12-26-15-14-25-3/h7-10,19-20H,4-6,11-16H2,1-3H3,(H2,22,23,24). The molecule has 2 N–H and O–H groups in total. The predicted octanol–water partition coefficient (Wildman–Crippen LogP) is 2.68. The minimum Gasteiger partial charge on any atom is -0.382 e. The molecule has 0 aromatic heterocycles. The van der Waals surface area contributed by atoms with Gasteiger partial charge in [-0.05, 0) is 31.7 Å². The maximum Gasteiger partial charge on any atom is 0.190 e. The second-order valence-corrected chi connectivity index (χ2v) is 6.94. The summed E-state index contributed by atoms with van der Waals surface area (Å²) in [7, 11) is 3.49. The maximum atomic E-state index is 6.10. The fourth-order valence-electron chi connectivity index (χ4n) is 3.25. The topological polar surface area (TPSA) is 64.1 Å². The third-order valence-corrected chi connectivity index (χ3v) is 4.80. The Morgan fingerprint density at radius 3 is 2.74 bits per heavy atom. The van der Waals surface area contributed by atoms with Crippen molar-refractivity contribution in [2.45, 2.75) is 32.3 Å². The van der Waals surface area contributed by atoms with Crippen LogP contribution >= 0.6 is 0 Å². The number of ether oxygens (including phenoxy) is 3. The Hall–Kier alpha value is -1.63. The van der Waals surface area contributed by atoms with Gasteiger partial charge in [-0.25, -0.2) is 0 Å². The van der Waals surface area contributed by atoms with Gasteiger partial charge >= 0.3 is 0 Å². The Bertz CT molecular complexity index is 548. The molecule has 2 rings (SSSR count). The first-order valence-electron chi connectivity index (χ1n) is 9.94. The van der Waals surface area contributed by atoms with Crippen molar-refractivity contribution < 1.29 is 14.2 Å². The van der Waals surface area contributed by atoms with E-state index in [0.29, 0.717) is 19.1 Å². The lowest BCUT2D eigenvalue weighted by Gasteiger charge is -2.32. The molecule has 1 aromatic carbocycles. The van der Waals surface area contributed by atoms with Gasteiger partial charge in [-0.15, -0.1) is 0 Å². The van der Waals surface area contributed by atoms with E-state index in [9.17, 15) is 0 Å². The van der Waals surface area contributed by atoms with E-state index < -0.39 is 0 Å². The zero-order chi connectivity index (χ0) is 19.3. The molecule has 0 aliphatic carbocycles. The summed E-state index contributed by atoms with van der Waals surface area (Å²) in [6, 6.07) is 8.70. The fourth-order valence-corrected chi connectivity index (χ4v) is 3.25. The lowest BCUT2D eigenvalue weighted by Crippen LogP contribution is -2.42. The first-order valence-corrected chi connectivity index (χ1v) is 9.94. The normalized spacial score (nSPS) is 20.5. The number of nitrogens with zero attached hydrogens (tertiary/aromatic N) is 1. The highest BCUT2D eigenvalue weighted by molar-refractivity contribution is 5.79. The number of rotatable bonds is 10. The lowest BCUT2D eigenvalue weighted by atomic mass is 9.89. The highest BCUT2D eigenvalue weighted by Crippen LogP contribution is 2.33. The highest BCUT2D eigenvalue weighted by atomic mass is 16.5. The summed E-state index contributed by atoms with van der Waals surface area (Å²) in [4.78, 5) is 4.32. The molecule has 6 heteroatoms. The molecule has 0 amide bonds. The van der Waals surface area contributed by atoms with E-state index >= 15 is 0 Å². The highest BCUT2D eigenvalue weighted by Gasteiger charge is 2.27. The molecule has 1 fully saturated rings. The van der Waals surface area contributed by atoms with Crippen LogP contribution in [-0.4, -0.2) is 59.6 Å². The molecule has 2 unspecified atom stereocenters. The maximum absolute atomic E-state index is 6.10. The van der Waals surface area contributed by atoms with Crippen LogP contribution in [0.4, 0.5) is 0 Å². The molecule has 0 bridgehead atoms. The molecule has 1 aliphatic rings. The van der Waals surface area contributed by atoms with Crippen molar-refractivity contribution in [2.24, 2.45) is 10.9 Å². The predicted molar refractivity (Wildman–Crippen MR) is 109 cm³/mol. The van der Waals surface area contributed by atoms with E-state index in [1.807, 2.05) is 0 Å². The zero-order valence-corrected chi connectivity index (χ0v) is 17.0. The quantitative estimate of drug-likeness (QED) is 0.373. The molecule has 1 aliphatic heterocycles. The van der Waals surface area contributed by atoms with Gasteiger partial charge < -0.3 is 24.8 Å². The molecular weight excluding hydrogens is 342 g/mol. The second kappa shape index (κ2) is 12.7. The van der Waals surface area contributed by atoms with Crippen molar-refractivity contribution in [1.82, 2.24) is 10.6 Å². The van der Waals surface area contributed by atoms with Crippen LogP contribution in [0.1, 0.15) is 36.5 Å². The molecule has 27 heavy (non-hydrogen) atoms. The average molecular weight is 378 g/mol. The SMILES string of the molecule is CN=C(NCCCOCCOC)NCC1CCCOC1c1ccc(C)cc1. The molecule has 1 heterocycles. The van der Waals surface area contributed by atoms with Crippen molar-refractivity contribution in [3.05, 3.63) is 35.4 Å². The van der Waals surface area contributed by atoms with Crippen LogP contribution in [0.2, 0.25) is 0 Å². The van der Waals surface area contributed by atoms with E-state index in [0.717, 1.165) is 51.5 Å². The van der Waals surface area contributed by atoms with E-state index in [4.69, 9.17) is 14.2 Å². The number of hydrogen-bond donors (Lipinski definition) is 2. The molecule has 6 nitrogen and oxygen atoms in total. The van der Waals surface area contributed by atoms with E-state index in [1.165, 1.54) is 11.1 Å². The number of guanidine groups is 1. The number of methoxy groups -OCH3 is 1. The number of benzene rings is 1. The molecule has 0 radical (unpaired) electrons. The molecule has 0 saturated carbocycles. The van der Waals surface area contributed by atoms with Gasteiger partial charge in [0.25, 0.3) is 0 Å². The molecule has 1 aromatic rings. The summed E-state index contributed by atoms with van der Waals surface area (Å²) in [6.45, 7) is 6.64. The molecular formula is C21H35N3O3. The monoisotopic (exact) mass is 377 g/mol. The third-order valence-electron chi connectivity index (χ3n) is 4.80. The number of aliphatic imine (C=N–C) groups is 1. The van der Waals surface area contributed by atoms with Crippen LogP contribution in [0.25, 0.3) is 0 Å². The van der Waals surface area contributed by atoms with Gasteiger partial charge in [-0.2, -0.15) is 0 Å². The number of nitrogens with one attached hydrogen (secondary N) is 2. The summed E-state index contributed by atoms with van der Waals surface area (Å²) in [5, 5.41) is 6.81. The first-order chi connectivity index (χ1) is 13.2. The van der Waals surface area contributed by atoms with Crippen molar-refractivity contribution in [2.75, 3.05) is 53.7 Å².